The Bertz CT molecular complexity index is 1090. The van der Waals surface area contributed by atoms with E-state index in [2.05, 4.69) is 40.9 Å². The van der Waals surface area contributed by atoms with E-state index < -0.39 is 10.0 Å². The van der Waals surface area contributed by atoms with Gasteiger partial charge in [0.15, 0.2) is 0 Å². The number of hydrogen-bond acceptors (Lipinski definition) is 5. The molecule has 1 aromatic heterocycles. The van der Waals surface area contributed by atoms with E-state index in [1.165, 1.54) is 36.1 Å². The second kappa shape index (κ2) is 11.1. The minimum Gasteiger partial charge on any atom is -0.468 e. The summed E-state index contributed by atoms with van der Waals surface area (Å²) in [7, 11) is -3.70. The Labute approximate surface area is 189 Å². The smallest absolute Gasteiger partial charge is 0.251 e. The fourth-order valence-electron chi connectivity index (χ4n) is 3.20. The molecule has 2 aromatic carbocycles. The first-order valence-electron chi connectivity index (χ1n) is 10.6. The third-order valence-corrected chi connectivity index (χ3v) is 6.64. The highest BCUT2D eigenvalue weighted by molar-refractivity contribution is 7.89. The van der Waals surface area contributed by atoms with Crippen molar-refractivity contribution >= 4 is 15.9 Å². The van der Waals surface area contributed by atoms with Gasteiger partial charge in [-0.2, -0.15) is 0 Å². The molecule has 0 aliphatic heterocycles. The molecule has 0 atom stereocenters. The van der Waals surface area contributed by atoms with Gasteiger partial charge < -0.3 is 9.73 Å². The molecule has 0 aliphatic carbocycles. The first-order valence-corrected chi connectivity index (χ1v) is 12.1. The predicted molar refractivity (Wildman–Crippen MR) is 123 cm³/mol. The summed E-state index contributed by atoms with van der Waals surface area (Å²) in [6.45, 7) is 7.67. The van der Waals surface area contributed by atoms with E-state index in [9.17, 15) is 13.2 Å². The molecule has 0 saturated carbocycles. The molecule has 1 heterocycles. The Hall–Kier alpha value is -2.94. The molecule has 8 heteroatoms. The summed E-state index contributed by atoms with van der Waals surface area (Å²) in [6.07, 6.45) is 1.48. The van der Waals surface area contributed by atoms with E-state index in [1.807, 2.05) is 12.1 Å². The molecule has 0 spiro atoms. The number of carbonyl (C=O) groups is 1. The van der Waals surface area contributed by atoms with Crippen LogP contribution in [0.15, 0.2) is 76.2 Å². The average Bonchev–Trinajstić information content (AvgIpc) is 3.34. The van der Waals surface area contributed by atoms with Crippen LogP contribution in [0.1, 0.15) is 41.1 Å². The van der Waals surface area contributed by atoms with Gasteiger partial charge >= 0.3 is 0 Å². The van der Waals surface area contributed by atoms with Crippen molar-refractivity contribution in [2.45, 2.75) is 38.4 Å². The summed E-state index contributed by atoms with van der Waals surface area (Å²) in [5.41, 5.74) is 2.64. The average molecular weight is 456 g/mol. The fraction of sp³-hybridized carbons (Fsp3) is 0.292. The van der Waals surface area contributed by atoms with Crippen molar-refractivity contribution in [2.24, 2.45) is 0 Å². The quantitative estimate of drug-likeness (QED) is 0.462. The maximum atomic E-state index is 12.5. The molecule has 1 amide bonds. The van der Waals surface area contributed by atoms with E-state index in [4.69, 9.17) is 4.42 Å². The highest BCUT2D eigenvalue weighted by Crippen LogP contribution is 2.12. The van der Waals surface area contributed by atoms with Gasteiger partial charge in [-0.25, -0.2) is 13.1 Å². The monoisotopic (exact) mass is 455 g/mol. The molecule has 2 N–H and O–H groups in total. The zero-order valence-electron chi connectivity index (χ0n) is 18.4. The number of nitrogens with zero attached hydrogens (tertiary/aromatic N) is 1. The third kappa shape index (κ3) is 6.53. The molecule has 0 saturated heterocycles. The van der Waals surface area contributed by atoms with Crippen molar-refractivity contribution in [3.05, 3.63) is 89.4 Å². The van der Waals surface area contributed by atoms with Crippen LogP contribution in [0.2, 0.25) is 0 Å². The van der Waals surface area contributed by atoms with Crippen molar-refractivity contribution in [2.75, 3.05) is 13.1 Å². The van der Waals surface area contributed by atoms with E-state index in [1.54, 1.807) is 12.1 Å². The minimum atomic E-state index is -3.70. The number of sulfonamides is 1. The number of nitrogens with one attached hydrogen (secondary N) is 2. The molecule has 7 nitrogen and oxygen atoms in total. The van der Waals surface area contributed by atoms with Crippen LogP contribution in [0.4, 0.5) is 0 Å². The lowest BCUT2D eigenvalue weighted by Crippen LogP contribution is -2.24. The van der Waals surface area contributed by atoms with Crippen molar-refractivity contribution in [1.82, 2.24) is 14.9 Å². The molecule has 0 aliphatic rings. The molecular weight excluding hydrogens is 426 g/mol. The van der Waals surface area contributed by atoms with Crippen LogP contribution in [-0.2, 0) is 29.7 Å². The number of amides is 1. The Balaban J connectivity index is 1.53. The van der Waals surface area contributed by atoms with Gasteiger partial charge in [-0.1, -0.05) is 38.1 Å². The van der Waals surface area contributed by atoms with Gasteiger partial charge in [0.2, 0.25) is 10.0 Å². The normalized spacial score (nSPS) is 11.6. The van der Waals surface area contributed by atoms with Crippen molar-refractivity contribution < 1.29 is 17.6 Å². The first-order chi connectivity index (χ1) is 15.4. The maximum Gasteiger partial charge on any atom is 0.251 e. The van der Waals surface area contributed by atoms with Crippen LogP contribution in [-0.4, -0.2) is 32.3 Å². The predicted octanol–water partition coefficient (Wildman–Crippen LogP) is 3.53. The Kier molecular flexibility index (Phi) is 8.21. The summed E-state index contributed by atoms with van der Waals surface area (Å²) in [5.74, 6) is 0.260. The Morgan fingerprint density at radius 3 is 2.16 bits per heavy atom. The lowest BCUT2D eigenvalue weighted by atomic mass is 10.1. The Morgan fingerprint density at radius 2 is 1.56 bits per heavy atom. The molecule has 0 bridgehead atoms. The lowest BCUT2D eigenvalue weighted by Gasteiger charge is -2.18. The van der Waals surface area contributed by atoms with Gasteiger partial charge in [-0.3, -0.25) is 9.69 Å². The standard InChI is InChI=1S/C24H29N3O4S/c1-3-27(4-2)18-20-9-7-19(8-10-20)16-25-24(28)21-11-13-23(14-12-21)32(29,30)26-17-22-6-5-15-31-22/h5-15,26H,3-4,16-18H2,1-2H3,(H,25,28). The van der Waals surface area contributed by atoms with Crippen LogP contribution < -0.4 is 10.0 Å². The van der Waals surface area contributed by atoms with Crippen LogP contribution >= 0.6 is 0 Å². The lowest BCUT2D eigenvalue weighted by molar-refractivity contribution is 0.0951. The van der Waals surface area contributed by atoms with Gasteiger partial charge in [0, 0.05) is 18.7 Å². The van der Waals surface area contributed by atoms with E-state index in [0.717, 1.165) is 25.2 Å². The molecule has 0 unspecified atom stereocenters. The van der Waals surface area contributed by atoms with Crippen LogP contribution in [0.25, 0.3) is 0 Å². The number of hydrogen-bond donors (Lipinski definition) is 2. The summed E-state index contributed by atoms with van der Waals surface area (Å²) >= 11 is 0. The topological polar surface area (TPSA) is 91.7 Å². The summed E-state index contributed by atoms with van der Waals surface area (Å²) in [5, 5.41) is 2.87. The van der Waals surface area contributed by atoms with Gasteiger partial charge in [0.1, 0.15) is 5.76 Å². The molecule has 3 rings (SSSR count). The van der Waals surface area contributed by atoms with Gasteiger partial charge in [0.25, 0.3) is 5.91 Å². The van der Waals surface area contributed by atoms with Gasteiger partial charge in [-0.15, -0.1) is 0 Å². The number of benzene rings is 2. The third-order valence-electron chi connectivity index (χ3n) is 5.22. The SMILES string of the molecule is CCN(CC)Cc1ccc(CNC(=O)c2ccc(S(=O)(=O)NCc3ccco3)cc2)cc1. The molecular formula is C24H29N3O4S. The minimum absolute atomic E-state index is 0.0608. The molecule has 3 aromatic rings. The Morgan fingerprint density at radius 1 is 0.906 bits per heavy atom. The van der Waals surface area contributed by atoms with Crippen molar-refractivity contribution in [3.63, 3.8) is 0 Å². The van der Waals surface area contributed by atoms with Gasteiger partial charge in [0.05, 0.1) is 17.7 Å². The van der Waals surface area contributed by atoms with Crippen LogP contribution in [0, 0.1) is 0 Å². The van der Waals surface area contributed by atoms with Crippen LogP contribution in [0.3, 0.4) is 0 Å². The molecule has 0 fully saturated rings. The second-order valence-corrected chi connectivity index (χ2v) is 9.16. The molecule has 170 valence electrons. The van der Waals surface area contributed by atoms with E-state index in [-0.39, 0.29) is 17.3 Å². The number of furan rings is 1. The fourth-order valence-corrected chi connectivity index (χ4v) is 4.19. The summed E-state index contributed by atoms with van der Waals surface area (Å²) in [6, 6.07) is 17.4. The largest absolute Gasteiger partial charge is 0.468 e. The second-order valence-electron chi connectivity index (χ2n) is 7.39. The zero-order chi connectivity index (χ0) is 23.0. The summed E-state index contributed by atoms with van der Waals surface area (Å²) < 4.78 is 32.4. The molecule has 32 heavy (non-hydrogen) atoms. The van der Waals surface area contributed by atoms with Crippen LogP contribution in [0.5, 0.6) is 0 Å². The van der Waals surface area contributed by atoms with E-state index >= 15 is 0 Å². The molecule has 0 radical (unpaired) electrons. The highest BCUT2D eigenvalue weighted by atomic mass is 32.2. The van der Waals surface area contributed by atoms with E-state index in [0.29, 0.717) is 17.9 Å². The highest BCUT2D eigenvalue weighted by Gasteiger charge is 2.15. The van der Waals surface area contributed by atoms with Gasteiger partial charge in [-0.05, 0) is 60.6 Å². The number of rotatable bonds is 11. The number of carbonyl (C=O) groups excluding carboxylic acids is 1. The van der Waals surface area contributed by atoms with Crippen molar-refractivity contribution in [1.29, 1.82) is 0 Å². The first kappa shape index (κ1) is 23.7. The zero-order valence-corrected chi connectivity index (χ0v) is 19.2. The maximum absolute atomic E-state index is 12.5. The van der Waals surface area contributed by atoms with Crippen molar-refractivity contribution in [3.8, 4) is 0 Å². The summed E-state index contributed by atoms with van der Waals surface area (Å²) in [4.78, 5) is 14.9.